The molecule has 10 heteroatoms. The van der Waals surface area contributed by atoms with Crippen molar-refractivity contribution in [2.45, 2.75) is 33.4 Å². The van der Waals surface area contributed by atoms with Gasteiger partial charge in [0.15, 0.2) is 5.84 Å². The van der Waals surface area contributed by atoms with Crippen LogP contribution in [0.25, 0.3) is 0 Å². The van der Waals surface area contributed by atoms with Crippen molar-refractivity contribution in [3.63, 3.8) is 0 Å². The second kappa shape index (κ2) is 43.4. The molecule has 2 aliphatic heterocycles. The van der Waals surface area contributed by atoms with Gasteiger partial charge in [-0.15, -0.1) is 0 Å². The highest BCUT2D eigenvalue weighted by Crippen LogP contribution is 2.13. The molecule has 0 aromatic heterocycles. The van der Waals surface area contributed by atoms with E-state index in [1.807, 2.05) is 6.21 Å². The molecule has 10 nitrogen and oxygen atoms in total. The fraction of sp³-hybridized carbons (Fsp3) is 0.296. The Hall–Kier alpha value is -9.18. The van der Waals surface area contributed by atoms with Crippen LogP contribution in [0.15, 0.2) is 27.6 Å². The molecule has 1 atom stereocenters. The van der Waals surface area contributed by atoms with E-state index in [0.29, 0.717) is 19.7 Å². The average molecular weight is 898 g/mol. The summed E-state index contributed by atoms with van der Waals surface area (Å²) in [6.07, 6.45) is 3.59. The minimum Gasteiger partial charge on any atom is -0.834 e. The summed E-state index contributed by atoms with van der Waals surface area (Å²) in [5, 5.41) is 18.1. The van der Waals surface area contributed by atoms with Crippen molar-refractivity contribution in [2.24, 2.45) is 15.0 Å². The Labute approximate surface area is 425 Å². The van der Waals surface area contributed by atoms with Crippen molar-refractivity contribution in [3.8, 4) is 189 Å². The number of carbonyl (C=O) groups is 1. The zero-order valence-corrected chi connectivity index (χ0v) is 36.0. The Balaban J connectivity index is -0.0000000210. The Morgan fingerprint density at radius 3 is 1.58 bits per heavy atom. The van der Waals surface area contributed by atoms with Crippen LogP contribution in [0, 0.1) is 189 Å². The molecular formula is C54H101N6O4-. The number of carboxylic acids is 1. The normalized spacial score (nSPS) is 11.3. The standard InChI is InChI=1S/C28H24N3O2.C23H13N3.C3H4O2.30H2/c1-3-5-6-7-8-9-10-11-12-13-14-15-16-17-18-19-28-30(22-21-29-20-4-2)23-24-31(28)25-26-33-27-32;1-3-4-5-6-7-8-9-10-11-12-13-14-15-16-17-18-23-25-20-22-26(23)21-19-24-2;1-2-3(4)5;;;;;;;;;;;;;;;;;;;;;;;;;;;;;;/h20,28H,4,21-27H2,1-2H3;2,19-22H2,1H3;2H,1H2,(H,4,5);30*1H/q-1;;;;;;;;;;;;;;;;;;;;;;;;;;;;;;;;. The van der Waals surface area contributed by atoms with Crippen LogP contribution in [-0.4, -0.2) is 123 Å². The Morgan fingerprint density at radius 2 is 1.16 bits per heavy atom. The summed E-state index contributed by atoms with van der Waals surface area (Å²) in [6.45, 7) is 18.7. The van der Waals surface area contributed by atoms with Crippen molar-refractivity contribution in [1.82, 2.24) is 14.7 Å². The highest BCUT2D eigenvalue weighted by Gasteiger charge is 2.29. The summed E-state index contributed by atoms with van der Waals surface area (Å²) >= 11 is 0. The molecule has 1 fully saturated rings. The number of hydrogen-bond donors (Lipinski definition) is 1. The highest BCUT2D eigenvalue weighted by atomic mass is 16.6. The first-order valence-electron chi connectivity index (χ1n) is 19.0. The van der Waals surface area contributed by atoms with Crippen molar-refractivity contribution >= 4 is 24.7 Å². The first-order valence-corrected chi connectivity index (χ1v) is 19.0. The van der Waals surface area contributed by atoms with Crippen molar-refractivity contribution in [1.29, 1.82) is 0 Å². The number of aliphatic imine (C=N–C) groups is 3. The van der Waals surface area contributed by atoms with Gasteiger partial charge in [-0.05, 0) is 212 Å². The van der Waals surface area contributed by atoms with Crippen molar-refractivity contribution < 1.29 is 62.5 Å². The second-order valence-electron chi connectivity index (χ2n) is 10.9. The average Bonchev–Trinajstić information content (AvgIpc) is 3.93. The fourth-order valence-corrected chi connectivity index (χ4v) is 4.10. The molecule has 1 unspecified atom stereocenters. The maximum absolute atomic E-state index is 10.5. The van der Waals surface area contributed by atoms with Crippen LogP contribution >= 0.6 is 0 Å². The van der Waals surface area contributed by atoms with Crippen molar-refractivity contribution in [2.75, 3.05) is 72.3 Å². The van der Waals surface area contributed by atoms with Gasteiger partial charge in [0, 0.05) is 88.1 Å². The molecule has 0 amide bonds. The number of hydrogen-bond acceptors (Lipinski definition) is 9. The lowest BCUT2D eigenvalue weighted by Gasteiger charge is -2.25. The van der Waals surface area contributed by atoms with Gasteiger partial charge >= 0.3 is 5.97 Å². The molecule has 2 heterocycles. The largest absolute Gasteiger partial charge is 0.834 e. The lowest BCUT2D eigenvalue weighted by Crippen LogP contribution is -2.40. The molecule has 64 heavy (non-hydrogen) atoms. The van der Waals surface area contributed by atoms with Gasteiger partial charge in [0.1, 0.15) is 6.17 Å². The number of aliphatic carboxylic acids is 1. The van der Waals surface area contributed by atoms with Gasteiger partial charge in [-0.25, -0.2) is 4.79 Å². The topological polar surface area (TPSA) is 116 Å². The summed E-state index contributed by atoms with van der Waals surface area (Å²) < 4.78 is 4.95. The van der Waals surface area contributed by atoms with Crippen LogP contribution in [0.5, 0.6) is 0 Å². The molecule has 0 saturated carbocycles. The number of ether oxygens (including phenoxy) is 1. The predicted molar refractivity (Wildman–Crippen MR) is 317 cm³/mol. The maximum atomic E-state index is 10.5. The van der Waals surface area contributed by atoms with Crippen LogP contribution < -0.4 is 5.11 Å². The molecule has 0 radical (unpaired) electrons. The van der Waals surface area contributed by atoms with Gasteiger partial charge in [0.05, 0.1) is 26.2 Å². The maximum Gasteiger partial charge on any atom is 0.327 e. The minimum absolute atomic E-state index is 0. The predicted octanol–water partition coefficient (Wildman–Crippen LogP) is 7.88. The van der Waals surface area contributed by atoms with E-state index in [1.54, 1.807) is 13.8 Å². The van der Waals surface area contributed by atoms with E-state index in [-0.39, 0.29) is 49.0 Å². The molecule has 0 spiro atoms. The minimum atomic E-state index is -0.981. The van der Waals surface area contributed by atoms with Gasteiger partial charge in [-0.1, -0.05) is 31.3 Å². The van der Waals surface area contributed by atoms with Gasteiger partial charge in [0.2, 0.25) is 0 Å². The van der Waals surface area contributed by atoms with Crippen LogP contribution in [0.4, 0.5) is 0 Å². The van der Waals surface area contributed by atoms with Crippen LogP contribution in [-0.2, 0) is 9.53 Å². The Bertz CT molecular complexity index is 2840. The summed E-state index contributed by atoms with van der Waals surface area (Å²) in [4.78, 5) is 28.3. The van der Waals surface area contributed by atoms with E-state index in [0.717, 1.165) is 64.1 Å². The second-order valence-corrected chi connectivity index (χ2v) is 10.9. The molecule has 0 aromatic carbocycles. The number of carboxylic acid groups (broad SMARTS) is 1. The lowest BCUT2D eigenvalue weighted by molar-refractivity contribution is -0.431. The third kappa shape index (κ3) is 33.8. The van der Waals surface area contributed by atoms with E-state index in [2.05, 4.69) is 239 Å². The molecule has 2 rings (SSSR count). The van der Waals surface area contributed by atoms with Crippen LogP contribution in [0.3, 0.4) is 0 Å². The zero-order valence-electron chi connectivity index (χ0n) is 36.0. The van der Waals surface area contributed by atoms with Gasteiger partial charge in [-0.3, -0.25) is 24.8 Å². The number of rotatable bonds is 12. The summed E-state index contributed by atoms with van der Waals surface area (Å²) in [6, 6.07) is 0. The summed E-state index contributed by atoms with van der Waals surface area (Å²) in [5.41, 5.74) is 0. The monoisotopic (exact) mass is 898 g/mol. The van der Waals surface area contributed by atoms with Gasteiger partial charge in [-0.2, -0.15) is 0 Å². The first-order chi connectivity index (χ1) is 31.5. The molecular weight excluding hydrogens is 797 g/mol. The van der Waals surface area contributed by atoms with E-state index in [9.17, 15) is 9.90 Å². The fourth-order valence-electron chi connectivity index (χ4n) is 4.10. The molecule has 1 saturated heterocycles. The van der Waals surface area contributed by atoms with E-state index in [4.69, 9.17) is 9.84 Å². The van der Waals surface area contributed by atoms with Crippen LogP contribution in [0.1, 0.15) is 70.0 Å². The molecule has 0 aromatic rings. The number of nitrogens with zero attached hydrogens (tertiary/aromatic N) is 6. The molecule has 0 bridgehead atoms. The van der Waals surface area contributed by atoms with Crippen LogP contribution in [0.2, 0.25) is 0 Å². The molecule has 2 aliphatic rings. The van der Waals surface area contributed by atoms with E-state index in [1.165, 1.54) is 0 Å². The Kier molecular flexibility index (Phi) is 37.2. The number of amidine groups is 1. The SMILES string of the molecule is C=CC(=O)O.C=NCCN1CCN=C1C#CC#CC#CC#CC#CC#CC#CC#CC.CC#CC#CC#CC#CC#CC#CC#CC#CC1N(CCN=CCC)CCN1CCOC[O-].[HH].[HH].[HH].[HH].[HH].[HH].[HH].[HH].[HH].[HH].[HH].[HH].[HH].[HH].[HH].[HH].[HH].[HH].[HH].[HH].[HH].[HH].[HH].[HH].[HH].[HH].[HH].[HH].[HH].[HH]. The first kappa shape index (κ1) is 54.8. The van der Waals surface area contributed by atoms with E-state index < -0.39 is 12.8 Å². The highest BCUT2D eigenvalue weighted by molar-refractivity contribution is 6.00. The summed E-state index contributed by atoms with van der Waals surface area (Å²) in [5.74, 6) is 83.6. The third-order valence-corrected chi connectivity index (χ3v) is 6.68. The van der Waals surface area contributed by atoms with Gasteiger partial charge in [0.25, 0.3) is 0 Å². The Morgan fingerprint density at radius 1 is 0.719 bits per heavy atom. The molecule has 0 aliphatic carbocycles. The quantitative estimate of drug-likeness (QED) is 0.0697. The van der Waals surface area contributed by atoms with Gasteiger partial charge < -0.3 is 19.8 Å². The summed E-state index contributed by atoms with van der Waals surface area (Å²) in [7, 11) is 0. The van der Waals surface area contributed by atoms with E-state index >= 15 is 0 Å². The lowest BCUT2D eigenvalue weighted by atomic mass is 10.3. The third-order valence-electron chi connectivity index (χ3n) is 6.68. The smallest absolute Gasteiger partial charge is 0.327 e. The zero-order chi connectivity index (χ0) is 46.8. The molecule has 1 N–H and O–H groups in total. The molecule has 372 valence electrons. The van der Waals surface area contributed by atoms with Crippen molar-refractivity contribution in [3.05, 3.63) is 12.7 Å².